The number of rotatable bonds is 7. The summed E-state index contributed by atoms with van der Waals surface area (Å²) >= 11 is 0. The Labute approximate surface area is 130 Å². The number of hydrogen-bond acceptors (Lipinski definition) is 5. The maximum atomic E-state index is 11.6. The minimum atomic E-state index is 0.0711. The number of anilines is 1. The molecular formula is C16H22N4O2. The van der Waals surface area contributed by atoms with Crippen LogP contribution in [-0.4, -0.2) is 27.5 Å². The van der Waals surface area contributed by atoms with Gasteiger partial charge in [-0.05, 0) is 18.6 Å². The second kappa shape index (κ2) is 7.59. The molecule has 0 unspecified atom stereocenters. The van der Waals surface area contributed by atoms with Crippen LogP contribution in [0.25, 0.3) is 0 Å². The van der Waals surface area contributed by atoms with E-state index < -0.39 is 0 Å². The van der Waals surface area contributed by atoms with Crippen molar-refractivity contribution in [3.8, 4) is 0 Å². The number of amides is 1. The molecule has 2 rings (SSSR count). The van der Waals surface area contributed by atoms with E-state index in [1.807, 2.05) is 38.1 Å². The zero-order chi connectivity index (χ0) is 15.9. The fraction of sp³-hybridized carbons (Fsp3) is 0.438. The number of nitrogens with one attached hydrogen (secondary N) is 1. The molecule has 1 heterocycles. The van der Waals surface area contributed by atoms with Gasteiger partial charge in [-0.15, -0.1) is 0 Å². The number of aromatic nitrogens is 2. The van der Waals surface area contributed by atoms with Gasteiger partial charge in [-0.25, -0.2) is 0 Å². The first-order valence-electron chi connectivity index (χ1n) is 7.52. The Balaban J connectivity index is 2.06. The largest absolute Gasteiger partial charge is 0.376 e. The summed E-state index contributed by atoms with van der Waals surface area (Å²) in [6, 6.07) is 7.93. The van der Waals surface area contributed by atoms with Crippen molar-refractivity contribution in [3.05, 3.63) is 41.5 Å². The molecule has 6 heteroatoms. The summed E-state index contributed by atoms with van der Waals surface area (Å²) in [5, 5.41) is 7.18. The van der Waals surface area contributed by atoms with Crippen LogP contribution in [0.2, 0.25) is 0 Å². The van der Waals surface area contributed by atoms with Gasteiger partial charge in [-0.1, -0.05) is 30.3 Å². The molecule has 1 N–H and O–H groups in total. The summed E-state index contributed by atoms with van der Waals surface area (Å²) in [5.41, 5.74) is 2.04. The minimum absolute atomic E-state index is 0.0711. The predicted molar refractivity (Wildman–Crippen MR) is 84.2 cm³/mol. The van der Waals surface area contributed by atoms with E-state index in [0.29, 0.717) is 31.3 Å². The first-order valence-corrected chi connectivity index (χ1v) is 7.52. The van der Waals surface area contributed by atoms with Crippen molar-refractivity contribution < 1.29 is 9.32 Å². The van der Waals surface area contributed by atoms with Gasteiger partial charge in [0.05, 0.1) is 6.54 Å². The number of carbonyl (C=O) groups is 1. The van der Waals surface area contributed by atoms with Crippen molar-refractivity contribution in [2.45, 2.75) is 40.3 Å². The summed E-state index contributed by atoms with van der Waals surface area (Å²) in [7, 11) is 0. The zero-order valence-corrected chi connectivity index (χ0v) is 13.3. The lowest BCUT2D eigenvalue weighted by molar-refractivity contribution is -0.129. The molecule has 0 saturated heterocycles. The lowest BCUT2D eigenvalue weighted by atomic mass is 10.1. The van der Waals surface area contributed by atoms with Crippen molar-refractivity contribution >= 4 is 11.6 Å². The Morgan fingerprint density at radius 3 is 2.73 bits per heavy atom. The average molecular weight is 302 g/mol. The molecule has 2 aromatic rings. The Morgan fingerprint density at radius 2 is 2.09 bits per heavy atom. The van der Waals surface area contributed by atoms with E-state index >= 15 is 0 Å². The van der Waals surface area contributed by atoms with Crippen molar-refractivity contribution in [2.24, 2.45) is 0 Å². The summed E-state index contributed by atoms with van der Waals surface area (Å²) in [5.74, 6) is 1.34. The standard InChI is InChI=1S/C16H22N4O2/c1-4-15-18-16(22-19-15)10-17-14-9-7-6-8-13(14)11-20(5-2)12(3)21/h6-9,17H,4-5,10-11H2,1-3H3. The molecule has 6 nitrogen and oxygen atoms in total. The van der Waals surface area contributed by atoms with Crippen LogP contribution in [0.15, 0.2) is 28.8 Å². The smallest absolute Gasteiger partial charge is 0.245 e. The van der Waals surface area contributed by atoms with Crippen LogP contribution >= 0.6 is 0 Å². The molecule has 1 aromatic carbocycles. The Kier molecular flexibility index (Phi) is 5.52. The summed E-state index contributed by atoms with van der Waals surface area (Å²) in [4.78, 5) is 17.6. The molecule has 1 aromatic heterocycles. The van der Waals surface area contributed by atoms with Gasteiger partial charge in [0.15, 0.2) is 5.82 Å². The highest BCUT2D eigenvalue weighted by molar-refractivity contribution is 5.73. The van der Waals surface area contributed by atoms with E-state index in [4.69, 9.17) is 4.52 Å². The number of carbonyl (C=O) groups excluding carboxylic acids is 1. The van der Waals surface area contributed by atoms with Crippen LogP contribution in [-0.2, 0) is 24.3 Å². The van der Waals surface area contributed by atoms with Crippen LogP contribution < -0.4 is 5.32 Å². The van der Waals surface area contributed by atoms with Gasteiger partial charge in [-0.2, -0.15) is 4.98 Å². The van der Waals surface area contributed by atoms with Crippen LogP contribution in [0.3, 0.4) is 0 Å². The third kappa shape index (κ3) is 4.07. The molecule has 118 valence electrons. The number of hydrogen-bond donors (Lipinski definition) is 1. The minimum Gasteiger partial charge on any atom is -0.376 e. The number of nitrogens with zero attached hydrogens (tertiary/aromatic N) is 3. The molecule has 0 aliphatic rings. The van der Waals surface area contributed by atoms with E-state index in [2.05, 4.69) is 15.5 Å². The normalized spacial score (nSPS) is 10.5. The first-order chi connectivity index (χ1) is 10.6. The van der Waals surface area contributed by atoms with E-state index in [-0.39, 0.29) is 5.91 Å². The van der Waals surface area contributed by atoms with Crippen molar-refractivity contribution in [1.82, 2.24) is 15.0 Å². The third-order valence-electron chi connectivity index (χ3n) is 3.46. The number of aryl methyl sites for hydroxylation is 1. The van der Waals surface area contributed by atoms with Crippen molar-refractivity contribution in [1.29, 1.82) is 0 Å². The van der Waals surface area contributed by atoms with Gasteiger partial charge in [0.25, 0.3) is 0 Å². The molecule has 0 aliphatic carbocycles. The second-order valence-corrected chi connectivity index (χ2v) is 5.00. The van der Waals surface area contributed by atoms with Crippen molar-refractivity contribution in [3.63, 3.8) is 0 Å². The highest BCUT2D eigenvalue weighted by atomic mass is 16.5. The molecule has 1 amide bonds. The summed E-state index contributed by atoms with van der Waals surface area (Å²) in [6.07, 6.45) is 0.754. The lowest BCUT2D eigenvalue weighted by Crippen LogP contribution is -2.28. The topological polar surface area (TPSA) is 71.3 Å². The number of para-hydroxylation sites is 1. The van der Waals surface area contributed by atoms with E-state index in [9.17, 15) is 4.79 Å². The first kappa shape index (κ1) is 16.0. The summed E-state index contributed by atoms with van der Waals surface area (Å²) in [6.45, 7) is 7.29. The van der Waals surface area contributed by atoms with E-state index in [1.165, 1.54) is 0 Å². The molecule has 0 aliphatic heterocycles. The maximum absolute atomic E-state index is 11.6. The van der Waals surface area contributed by atoms with Gasteiger partial charge >= 0.3 is 0 Å². The van der Waals surface area contributed by atoms with Gasteiger partial charge < -0.3 is 14.7 Å². The molecule has 0 bridgehead atoms. The Morgan fingerprint density at radius 1 is 1.32 bits per heavy atom. The molecular weight excluding hydrogens is 280 g/mol. The fourth-order valence-electron chi connectivity index (χ4n) is 2.16. The molecule has 22 heavy (non-hydrogen) atoms. The van der Waals surface area contributed by atoms with Gasteiger partial charge in [0, 0.05) is 32.1 Å². The highest BCUT2D eigenvalue weighted by Crippen LogP contribution is 2.18. The van der Waals surface area contributed by atoms with Crippen LogP contribution in [0.5, 0.6) is 0 Å². The Bertz CT molecular complexity index is 624. The fourth-order valence-corrected chi connectivity index (χ4v) is 2.16. The predicted octanol–water partition coefficient (Wildman–Crippen LogP) is 2.61. The van der Waals surface area contributed by atoms with Crippen molar-refractivity contribution in [2.75, 3.05) is 11.9 Å². The van der Waals surface area contributed by atoms with Gasteiger partial charge in [-0.3, -0.25) is 4.79 Å². The molecule has 0 radical (unpaired) electrons. The number of benzene rings is 1. The SMILES string of the molecule is CCc1noc(CNc2ccccc2CN(CC)C(C)=O)n1. The Hall–Kier alpha value is -2.37. The summed E-state index contributed by atoms with van der Waals surface area (Å²) < 4.78 is 5.17. The van der Waals surface area contributed by atoms with Gasteiger partial charge in [0.1, 0.15) is 0 Å². The highest BCUT2D eigenvalue weighted by Gasteiger charge is 2.11. The van der Waals surface area contributed by atoms with Crippen LogP contribution in [0.4, 0.5) is 5.69 Å². The molecule has 0 saturated carbocycles. The monoisotopic (exact) mass is 302 g/mol. The van der Waals surface area contributed by atoms with Crippen LogP contribution in [0.1, 0.15) is 38.0 Å². The lowest BCUT2D eigenvalue weighted by Gasteiger charge is -2.21. The second-order valence-electron chi connectivity index (χ2n) is 5.00. The van der Waals surface area contributed by atoms with Gasteiger partial charge in [0.2, 0.25) is 11.8 Å². The third-order valence-corrected chi connectivity index (χ3v) is 3.46. The van der Waals surface area contributed by atoms with E-state index in [0.717, 1.165) is 17.7 Å². The van der Waals surface area contributed by atoms with Crippen LogP contribution in [0, 0.1) is 0 Å². The molecule has 0 spiro atoms. The zero-order valence-electron chi connectivity index (χ0n) is 13.3. The molecule has 0 fully saturated rings. The van der Waals surface area contributed by atoms with E-state index in [1.54, 1.807) is 11.8 Å². The average Bonchev–Trinajstić information content (AvgIpc) is 2.99. The quantitative estimate of drug-likeness (QED) is 0.851. The maximum Gasteiger partial charge on any atom is 0.245 e. The molecule has 0 atom stereocenters.